The molecule has 21 heavy (non-hydrogen) atoms. The highest BCUT2D eigenvalue weighted by atomic mass is 15.3. The molecule has 1 aliphatic carbocycles. The van der Waals surface area contributed by atoms with Crippen LogP contribution in [-0.4, -0.2) is 9.78 Å². The monoisotopic (exact) mass is 283 g/mol. The van der Waals surface area contributed by atoms with Gasteiger partial charge in [-0.2, -0.15) is 5.10 Å². The number of aromatic nitrogens is 2. The van der Waals surface area contributed by atoms with E-state index < -0.39 is 0 Å². The third-order valence-corrected chi connectivity index (χ3v) is 5.02. The molecule has 2 aromatic rings. The van der Waals surface area contributed by atoms with Crippen molar-refractivity contribution in [1.82, 2.24) is 9.78 Å². The van der Waals surface area contributed by atoms with Gasteiger partial charge in [0.2, 0.25) is 0 Å². The maximum atomic E-state index is 6.33. The molecule has 1 aromatic carbocycles. The maximum absolute atomic E-state index is 6.33. The second-order valence-corrected chi connectivity index (χ2v) is 6.92. The summed E-state index contributed by atoms with van der Waals surface area (Å²) >= 11 is 0. The van der Waals surface area contributed by atoms with Crippen LogP contribution in [0.3, 0.4) is 0 Å². The van der Waals surface area contributed by atoms with E-state index in [2.05, 4.69) is 38.1 Å². The Morgan fingerprint density at radius 2 is 1.90 bits per heavy atom. The Morgan fingerprint density at radius 3 is 2.57 bits per heavy atom. The molecule has 1 aliphatic rings. The van der Waals surface area contributed by atoms with Gasteiger partial charge in [0.05, 0.1) is 5.69 Å². The van der Waals surface area contributed by atoms with E-state index in [1.807, 2.05) is 17.8 Å². The van der Waals surface area contributed by atoms with E-state index in [-0.39, 0.29) is 0 Å². The SMILES string of the molecule is Cn1nc(C2CCCCC2(C)C)c(-c2ccccc2)c1N. The quantitative estimate of drug-likeness (QED) is 0.890. The zero-order valence-electron chi connectivity index (χ0n) is 13.3. The Hall–Kier alpha value is -1.77. The van der Waals surface area contributed by atoms with E-state index >= 15 is 0 Å². The summed E-state index contributed by atoms with van der Waals surface area (Å²) in [5.41, 5.74) is 10.1. The van der Waals surface area contributed by atoms with Crippen molar-refractivity contribution in [2.24, 2.45) is 12.5 Å². The number of nitrogen functional groups attached to an aromatic ring is 1. The summed E-state index contributed by atoms with van der Waals surface area (Å²) in [6, 6.07) is 10.4. The Balaban J connectivity index is 2.13. The molecule has 1 fully saturated rings. The van der Waals surface area contributed by atoms with Gasteiger partial charge >= 0.3 is 0 Å². The topological polar surface area (TPSA) is 43.8 Å². The predicted molar refractivity (Wildman–Crippen MR) is 88.0 cm³/mol. The number of benzene rings is 1. The fraction of sp³-hybridized carbons (Fsp3) is 0.500. The Labute approximate surface area is 127 Å². The molecule has 112 valence electrons. The summed E-state index contributed by atoms with van der Waals surface area (Å²) in [6.07, 6.45) is 5.09. The van der Waals surface area contributed by atoms with Crippen molar-refractivity contribution in [3.63, 3.8) is 0 Å². The van der Waals surface area contributed by atoms with E-state index in [1.165, 1.54) is 36.9 Å². The summed E-state index contributed by atoms with van der Waals surface area (Å²) in [4.78, 5) is 0. The van der Waals surface area contributed by atoms with E-state index in [4.69, 9.17) is 10.8 Å². The lowest BCUT2D eigenvalue weighted by Gasteiger charge is -2.38. The van der Waals surface area contributed by atoms with Crippen LogP contribution in [0.5, 0.6) is 0 Å². The summed E-state index contributed by atoms with van der Waals surface area (Å²) in [7, 11) is 1.95. The number of anilines is 1. The number of nitrogens with zero attached hydrogens (tertiary/aromatic N) is 2. The first-order chi connectivity index (χ1) is 10.0. The van der Waals surface area contributed by atoms with Crippen LogP contribution in [0.4, 0.5) is 5.82 Å². The summed E-state index contributed by atoms with van der Waals surface area (Å²) in [5, 5.41) is 4.80. The van der Waals surface area contributed by atoms with Crippen LogP contribution < -0.4 is 5.73 Å². The fourth-order valence-corrected chi connectivity index (χ4v) is 3.70. The molecule has 0 amide bonds. The predicted octanol–water partition coefficient (Wildman–Crippen LogP) is 4.35. The minimum absolute atomic E-state index is 0.294. The Kier molecular flexibility index (Phi) is 3.52. The molecule has 0 saturated heterocycles. The summed E-state index contributed by atoms with van der Waals surface area (Å²) < 4.78 is 1.84. The lowest BCUT2D eigenvalue weighted by Crippen LogP contribution is -2.26. The molecule has 3 heteroatoms. The van der Waals surface area contributed by atoms with Crippen LogP contribution >= 0.6 is 0 Å². The third-order valence-electron chi connectivity index (χ3n) is 5.02. The van der Waals surface area contributed by atoms with Crippen LogP contribution in [-0.2, 0) is 7.05 Å². The molecule has 1 heterocycles. The molecule has 1 aromatic heterocycles. The minimum Gasteiger partial charge on any atom is -0.383 e. The van der Waals surface area contributed by atoms with Crippen LogP contribution in [0.2, 0.25) is 0 Å². The van der Waals surface area contributed by atoms with Crippen LogP contribution in [0, 0.1) is 5.41 Å². The average molecular weight is 283 g/mol. The summed E-state index contributed by atoms with van der Waals surface area (Å²) in [6.45, 7) is 4.74. The molecule has 0 radical (unpaired) electrons. The molecule has 1 saturated carbocycles. The first-order valence-electron chi connectivity index (χ1n) is 7.88. The highest BCUT2D eigenvalue weighted by Crippen LogP contribution is 2.49. The van der Waals surface area contributed by atoms with Gasteiger partial charge in [0, 0.05) is 18.5 Å². The molecule has 3 nitrogen and oxygen atoms in total. The number of aryl methyl sites for hydroxylation is 1. The largest absolute Gasteiger partial charge is 0.383 e. The molecule has 2 N–H and O–H groups in total. The number of nitrogens with two attached hydrogens (primary N) is 1. The van der Waals surface area contributed by atoms with E-state index in [0.29, 0.717) is 11.3 Å². The number of hydrogen-bond acceptors (Lipinski definition) is 2. The van der Waals surface area contributed by atoms with Gasteiger partial charge in [0.25, 0.3) is 0 Å². The smallest absolute Gasteiger partial charge is 0.129 e. The lowest BCUT2D eigenvalue weighted by atomic mass is 9.67. The highest BCUT2D eigenvalue weighted by Gasteiger charge is 2.37. The normalized spacial score (nSPS) is 21.4. The van der Waals surface area contributed by atoms with Crippen LogP contribution in [0.1, 0.15) is 51.1 Å². The van der Waals surface area contributed by atoms with Gasteiger partial charge in [-0.05, 0) is 23.8 Å². The Bertz CT molecular complexity index is 625. The third kappa shape index (κ3) is 2.45. The van der Waals surface area contributed by atoms with Gasteiger partial charge in [-0.25, -0.2) is 0 Å². The molecular formula is C18H25N3. The lowest BCUT2D eigenvalue weighted by molar-refractivity contribution is 0.196. The first-order valence-corrected chi connectivity index (χ1v) is 7.88. The van der Waals surface area contributed by atoms with Crippen molar-refractivity contribution in [2.45, 2.75) is 45.4 Å². The molecule has 0 bridgehead atoms. The number of hydrogen-bond donors (Lipinski definition) is 1. The first kappa shape index (κ1) is 14.2. The second-order valence-electron chi connectivity index (χ2n) is 6.92. The van der Waals surface area contributed by atoms with Crippen molar-refractivity contribution in [3.05, 3.63) is 36.0 Å². The van der Waals surface area contributed by atoms with Crippen molar-refractivity contribution < 1.29 is 0 Å². The van der Waals surface area contributed by atoms with Gasteiger partial charge in [-0.15, -0.1) is 0 Å². The molecule has 1 atom stereocenters. The standard InChI is InChI=1S/C18H25N3/c1-18(2)12-8-7-11-14(18)16-15(17(19)21(3)20-16)13-9-5-4-6-10-13/h4-6,9-10,14H,7-8,11-12,19H2,1-3H3. The van der Waals surface area contributed by atoms with Gasteiger partial charge in [0.1, 0.15) is 5.82 Å². The molecule has 3 rings (SSSR count). The van der Waals surface area contributed by atoms with E-state index in [1.54, 1.807) is 0 Å². The van der Waals surface area contributed by atoms with Crippen molar-refractivity contribution in [3.8, 4) is 11.1 Å². The molecular weight excluding hydrogens is 258 g/mol. The van der Waals surface area contributed by atoms with Crippen molar-refractivity contribution in [2.75, 3.05) is 5.73 Å². The second kappa shape index (κ2) is 5.21. The molecule has 1 unspecified atom stereocenters. The van der Waals surface area contributed by atoms with E-state index in [9.17, 15) is 0 Å². The van der Waals surface area contributed by atoms with Gasteiger partial charge < -0.3 is 5.73 Å². The number of rotatable bonds is 2. The summed E-state index contributed by atoms with van der Waals surface area (Å²) in [5.74, 6) is 1.27. The van der Waals surface area contributed by atoms with Gasteiger partial charge in [0.15, 0.2) is 0 Å². The van der Waals surface area contributed by atoms with Gasteiger partial charge in [-0.3, -0.25) is 4.68 Å². The minimum atomic E-state index is 0.294. The molecule has 0 aliphatic heterocycles. The van der Waals surface area contributed by atoms with E-state index in [0.717, 1.165) is 11.4 Å². The van der Waals surface area contributed by atoms with Crippen molar-refractivity contribution in [1.29, 1.82) is 0 Å². The Morgan fingerprint density at radius 1 is 1.19 bits per heavy atom. The zero-order valence-corrected chi connectivity index (χ0v) is 13.3. The average Bonchev–Trinajstić information content (AvgIpc) is 2.75. The van der Waals surface area contributed by atoms with Crippen LogP contribution in [0.25, 0.3) is 11.1 Å². The van der Waals surface area contributed by atoms with Crippen LogP contribution in [0.15, 0.2) is 30.3 Å². The fourth-order valence-electron chi connectivity index (χ4n) is 3.70. The van der Waals surface area contributed by atoms with Crippen molar-refractivity contribution >= 4 is 5.82 Å². The highest BCUT2D eigenvalue weighted by molar-refractivity contribution is 5.77. The van der Waals surface area contributed by atoms with Gasteiger partial charge in [-0.1, -0.05) is 57.0 Å². The zero-order chi connectivity index (χ0) is 15.0. The maximum Gasteiger partial charge on any atom is 0.129 e. The molecule has 0 spiro atoms.